The van der Waals surface area contributed by atoms with Crippen molar-refractivity contribution in [3.63, 3.8) is 0 Å². The minimum Gasteiger partial charge on any atom is -0.452 e. The lowest BCUT2D eigenvalue weighted by molar-refractivity contribution is -0.384. The largest absolute Gasteiger partial charge is 0.452 e. The smallest absolute Gasteiger partial charge is 0.331 e. The number of hydrogen-bond donors (Lipinski definition) is 1. The molecule has 0 saturated heterocycles. The molecule has 1 aromatic rings. The van der Waals surface area contributed by atoms with Crippen LogP contribution in [-0.2, 0) is 14.3 Å². The fourth-order valence-corrected chi connectivity index (χ4v) is 2.60. The molecule has 2 rings (SSSR count). The van der Waals surface area contributed by atoms with Gasteiger partial charge in [0.1, 0.15) is 0 Å². The molecule has 0 saturated carbocycles. The van der Waals surface area contributed by atoms with Crippen molar-refractivity contribution in [2.45, 2.75) is 32.1 Å². The van der Waals surface area contributed by atoms with E-state index in [1.807, 2.05) is 0 Å². The summed E-state index contributed by atoms with van der Waals surface area (Å²) in [5, 5.41) is 13.3. The number of nitrogens with one attached hydrogen (secondary N) is 1. The average molecular weight is 358 g/mol. The van der Waals surface area contributed by atoms with Gasteiger partial charge in [0.15, 0.2) is 6.61 Å². The van der Waals surface area contributed by atoms with Crippen molar-refractivity contribution in [2.75, 3.05) is 13.2 Å². The molecule has 0 bridgehead atoms. The number of nitro benzene ring substituents is 1. The standard InChI is InChI=1S/C19H22N2O5/c22-18(20-13-12-15-4-2-1-3-5-15)14-26-19(23)11-8-16-6-9-17(10-7-16)21(24)25/h4,6-11H,1-3,5,12-14H2,(H,20,22)/b11-8+. The van der Waals surface area contributed by atoms with Crippen molar-refractivity contribution >= 4 is 23.6 Å². The molecule has 1 N–H and O–H groups in total. The van der Waals surface area contributed by atoms with Crippen molar-refractivity contribution in [1.29, 1.82) is 0 Å². The third-order valence-electron chi connectivity index (χ3n) is 4.01. The Balaban J connectivity index is 1.66. The van der Waals surface area contributed by atoms with E-state index in [0.29, 0.717) is 12.1 Å². The van der Waals surface area contributed by atoms with E-state index in [9.17, 15) is 19.7 Å². The number of allylic oxidation sites excluding steroid dienone is 1. The number of nitrogens with zero attached hydrogens (tertiary/aromatic N) is 1. The zero-order valence-corrected chi connectivity index (χ0v) is 14.5. The molecule has 138 valence electrons. The highest BCUT2D eigenvalue weighted by Gasteiger charge is 2.07. The van der Waals surface area contributed by atoms with Gasteiger partial charge in [-0.3, -0.25) is 14.9 Å². The van der Waals surface area contributed by atoms with Gasteiger partial charge in [-0.2, -0.15) is 0 Å². The maximum Gasteiger partial charge on any atom is 0.331 e. The van der Waals surface area contributed by atoms with Crippen molar-refractivity contribution in [3.05, 3.63) is 57.7 Å². The Kier molecular flexibility index (Phi) is 7.54. The molecule has 0 heterocycles. The number of esters is 1. The third kappa shape index (κ3) is 6.88. The van der Waals surface area contributed by atoms with E-state index in [2.05, 4.69) is 11.4 Å². The first kappa shape index (κ1) is 19.4. The Morgan fingerprint density at radius 2 is 2.00 bits per heavy atom. The second kappa shape index (κ2) is 10.1. The number of carbonyl (C=O) groups is 2. The van der Waals surface area contributed by atoms with E-state index >= 15 is 0 Å². The van der Waals surface area contributed by atoms with Gasteiger partial charge in [0, 0.05) is 24.8 Å². The van der Waals surface area contributed by atoms with Crippen LogP contribution in [0.1, 0.15) is 37.7 Å². The van der Waals surface area contributed by atoms with Crippen molar-refractivity contribution < 1.29 is 19.2 Å². The summed E-state index contributed by atoms with van der Waals surface area (Å²) in [6, 6.07) is 5.74. The van der Waals surface area contributed by atoms with Crippen LogP contribution in [0.4, 0.5) is 5.69 Å². The monoisotopic (exact) mass is 358 g/mol. The van der Waals surface area contributed by atoms with Gasteiger partial charge in [-0.05, 0) is 55.9 Å². The Labute approximate surface area is 151 Å². The molecule has 1 aromatic carbocycles. The lowest BCUT2D eigenvalue weighted by Crippen LogP contribution is -2.29. The number of rotatable bonds is 8. The first-order chi connectivity index (χ1) is 12.5. The number of benzene rings is 1. The van der Waals surface area contributed by atoms with Gasteiger partial charge in [0.25, 0.3) is 11.6 Å². The number of nitro groups is 1. The summed E-state index contributed by atoms with van der Waals surface area (Å²) in [6.07, 6.45) is 10.4. The summed E-state index contributed by atoms with van der Waals surface area (Å²) in [4.78, 5) is 33.3. The molecule has 0 atom stereocenters. The molecule has 1 aliphatic carbocycles. The highest BCUT2D eigenvalue weighted by atomic mass is 16.6. The summed E-state index contributed by atoms with van der Waals surface area (Å²) < 4.78 is 4.87. The highest BCUT2D eigenvalue weighted by molar-refractivity contribution is 5.89. The Morgan fingerprint density at radius 3 is 2.65 bits per heavy atom. The van der Waals surface area contributed by atoms with Gasteiger partial charge in [-0.1, -0.05) is 11.6 Å². The van der Waals surface area contributed by atoms with Crippen molar-refractivity contribution in [1.82, 2.24) is 5.32 Å². The van der Waals surface area contributed by atoms with Crippen molar-refractivity contribution in [3.8, 4) is 0 Å². The van der Waals surface area contributed by atoms with Crippen molar-refractivity contribution in [2.24, 2.45) is 0 Å². The average Bonchev–Trinajstić information content (AvgIpc) is 2.66. The van der Waals surface area contributed by atoms with Gasteiger partial charge in [-0.25, -0.2) is 4.79 Å². The molecule has 1 aliphatic rings. The topological polar surface area (TPSA) is 98.5 Å². The van der Waals surface area contributed by atoms with Crippen LogP contribution in [0.3, 0.4) is 0 Å². The van der Waals surface area contributed by atoms with E-state index in [4.69, 9.17) is 4.74 Å². The van der Waals surface area contributed by atoms with Gasteiger partial charge in [-0.15, -0.1) is 0 Å². The number of ether oxygens (including phenoxy) is 1. The molecule has 26 heavy (non-hydrogen) atoms. The quantitative estimate of drug-likeness (QED) is 0.253. The molecule has 7 heteroatoms. The Bertz CT molecular complexity index is 707. The first-order valence-corrected chi connectivity index (χ1v) is 8.58. The van der Waals surface area contributed by atoms with Crippen LogP contribution in [0.2, 0.25) is 0 Å². The van der Waals surface area contributed by atoms with Crippen LogP contribution in [0, 0.1) is 10.1 Å². The lowest BCUT2D eigenvalue weighted by atomic mass is 9.97. The van der Waals surface area contributed by atoms with E-state index < -0.39 is 10.9 Å². The van der Waals surface area contributed by atoms with E-state index in [0.717, 1.165) is 19.3 Å². The normalized spacial score (nSPS) is 13.9. The van der Waals surface area contributed by atoms with Crippen LogP contribution in [0.15, 0.2) is 42.0 Å². The van der Waals surface area contributed by atoms with E-state index in [1.165, 1.54) is 54.8 Å². The van der Waals surface area contributed by atoms with Gasteiger partial charge >= 0.3 is 5.97 Å². The minimum atomic E-state index is -0.645. The Hall–Kier alpha value is -2.96. The predicted molar refractivity (Wildman–Crippen MR) is 97.3 cm³/mol. The zero-order valence-electron chi connectivity index (χ0n) is 14.5. The maximum absolute atomic E-state index is 11.7. The second-order valence-electron chi connectivity index (χ2n) is 6.00. The summed E-state index contributed by atoms with van der Waals surface area (Å²) in [7, 11) is 0. The summed E-state index contributed by atoms with van der Waals surface area (Å²) >= 11 is 0. The molecule has 1 amide bonds. The second-order valence-corrected chi connectivity index (χ2v) is 6.00. The molecular weight excluding hydrogens is 336 g/mol. The lowest BCUT2D eigenvalue weighted by Gasteiger charge is -2.12. The predicted octanol–water partition coefficient (Wildman–Crippen LogP) is 3.16. The van der Waals surface area contributed by atoms with Crippen LogP contribution in [0.5, 0.6) is 0 Å². The van der Waals surface area contributed by atoms with E-state index in [-0.39, 0.29) is 18.2 Å². The van der Waals surface area contributed by atoms with Crippen LogP contribution in [-0.4, -0.2) is 30.0 Å². The Morgan fingerprint density at radius 1 is 1.23 bits per heavy atom. The minimum absolute atomic E-state index is 0.0228. The van der Waals surface area contributed by atoms with Crippen LogP contribution >= 0.6 is 0 Å². The number of non-ortho nitro benzene ring substituents is 1. The molecule has 0 unspecified atom stereocenters. The fourth-order valence-electron chi connectivity index (χ4n) is 2.60. The molecule has 7 nitrogen and oxygen atoms in total. The fraction of sp³-hybridized carbons (Fsp3) is 0.368. The SMILES string of the molecule is O=C(COC(=O)/C=C/c1ccc([N+](=O)[O-])cc1)NCCC1=CCCCC1. The first-order valence-electron chi connectivity index (χ1n) is 8.58. The van der Waals surface area contributed by atoms with E-state index in [1.54, 1.807) is 0 Å². The summed E-state index contributed by atoms with van der Waals surface area (Å²) in [6.45, 7) is 0.212. The number of carbonyl (C=O) groups excluding carboxylic acids is 2. The third-order valence-corrected chi connectivity index (χ3v) is 4.01. The highest BCUT2D eigenvalue weighted by Crippen LogP contribution is 2.19. The molecule has 0 aliphatic heterocycles. The molecule has 0 radical (unpaired) electrons. The van der Waals surface area contributed by atoms with Gasteiger partial charge < -0.3 is 10.1 Å². The van der Waals surface area contributed by atoms with Crippen LogP contribution < -0.4 is 5.32 Å². The number of hydrogen-bond acceptors (Lipinski definition) is 5. The summed E-state index contributed by atoms with van der Waals surface area (Å²) in [5.74, 6) is -0.980. The zero-order chi connectivity index (χ0) is 18.8. The molecule has 0 aromatic heterocycles. The maximum atomic E-state index is 11.7. The number of amides is 1. The molecule has 0 fully saturated rings. The van der Waals surface area contributed by atoms with Gasteiger partial charge in [0.2, 0.25) is 0 Å². The molecule has 0 spiro atoms. The van der Waals surface area contributed by atoms with Crippen LogP contribution in [0.25, 0.3) is 6.08 Å². The summed E-state index contributed by atoms with van der Waals surface area (Å²) in [5.41, 5.74) is 1.97. The van der Waals surface area contributed by atoms with Gasteiger partial charge in [0.05, 0.1) is 4.92 Å². The molecular formula is C19H22N2O5.